The van der Waals surface area contributed by atoms with Crippen LogP contribution in [0, 0.1) is 3.57 Å². The molecule has 0 spiro atoms. The van der Waals surface area contributed by atoms with Gasteiger partial charge in [0.25, 0.3) is 0 Å². The molecule has 0 aliphatic rings. The number of aromatic hydroxyl groups is 1. The molecule has 0 aliphatic heterocycles. The van der Waals surface area contributed by atoms with Gasteiger partial charge < -0.3 is 24.8 Å². The summed E-state index contributed by atoms with van der Waals surface area (Å²) in [5.74, 6) is 1.30. The van der Waals surface area contributed by atoms with Gasteiger partial charge in [0, 0.05) is 0 Å². The van der Waals surface area contributed by atoms with E-state index in [1.165, 1.54) is 12.7 Å². The highest BCUT2D eigenvalue weighted by molar-refractivity contribution is 14.1. The van der Waals surface area contributed by atoms with E-state index < -0.39 is 6.10 Å². The first kappa shape index (κ1) is 27.0. The lowest BCUT2D eigenvalue weighted by atomic mass is 9.94. The maximum absolute atomic E-state index is 10.9. The molecule has 1 atom stereocenters. The number of benzene rings is 2. The van der Waals surface area contributed by atoms with Crippen molar-refractivity contribution in [3.63, 3.8) is 0 Å². The van der Waals surface area contributed by atoms with Crippen molar-refractivity contribution in [2.75, 3.05) is 20.3 Å². The third-order valence-electron chi connectivity index (χ3n) is 5.19. The Morgan fingerprint density at radius 2 is 1.91 bits per heavy atom. The molecule has 3 N–H and O–H groups in total. The van der Waals surface area contributed by atoms with Crippen molar-refractivity contribution >= 4 is 28.7 Å². The average molecular weight is 564 g/mol. The van der Waals surface area contributed by atoms with Crippen LogP contribution in [0.1, 0.15) is 38.2 Å². The molecule has 1 unspecified atom stereocenters. The molecule has 0 aromatic heterocycles. The monoisotopic (exact) mass is 564 g/mol. The zero-order chi connectivity index (χ0) is 24.2. The predicted octanol–water partition coefficient (Wildman–Crippen LogP) is 5.88. The fourth-order valence-electron chi connectivity index (χ4n) is 3.52. The maximum atomic E-state index is 10.9. The highest BCUT2D eigenvalue weighted by Gasteiger charge is 2.16. The van der Waals surface area contributed by atoms with E-state index in [1.807, 2.05) is 42.5 Å². The first-order valence-electron chi connectivity index (χ1n) is 11.0. The van der Waals surface area contributed by atoms with Crippen LogP contribution < -0.4 is 9.47 Å². The maximum Gasteiger partial charge on any atom is 0.171 e. The number of allylic oxidation sites excluding steroid dienone is 1. The molecule has 2 aromatic rings. The number of hydrogen-bond donors (Lipinski definition) is 3. The normalized spacial score (nSPS) is 13.0. The van der Waals surface area contributed by atoms with Crippen molar-refractivity contribution in [3.8, 4) is 17.2 Å². The van der Waals surface area contributed by atoms with Gasteiger partial charge in [-0.2, -0.15) is 0 Å². The van der Waals surface area contributed by atoms with Crippen molar-refractivity contribution < 1.29 is 24.8 Å². The predicted molar refractivity (Wildman–Crippen MR) is 142 cm³/mol. The molecule has 0 bridgehead atoms. The van der Waals surface area contributed by atoms with Crippen LogP contribution in [0.15, 0.2) is 71.8 Å². The molecule has 0 saturated heterocycles. The molecule has 178 valence electrons. The van der Waals surface area contributed by atoms with Crippen molar-refractivity contribution in [2.24, 2.45) is 0 Å². The van der Waals surface area contributed by atoms with E-state index in [2.05, 4.69) is 42.2 Å². The summed E-state index contributed by atoms with van der Waals surface area (Å²) in [5, 5.41) is 30.4. The Balaban J connectivity index is 2.09. The Morgan fingerprint density at radius 3 is 2.55 bits per heavy atom. The first-order chi connectivity index (χ1) is 15.9. The minimum atomic E-state index is -0.765. The smallest absolute Gasteiger partial charge is 0.171 e. The summed E-state index contributed by atoms with van der Waals surface area (Å²) in [5.41, 5.74) is 3.37. The lowest BCUT2D eigenvalue weighted by Gasteiger charge is -2.19. The molecule has 0 saturated carbocycles. The number of phenolic OH excluding ortho intramolecular Hbond substituents is 1. The zero-order valence-electron chi connectivity index (χ0n) is 19.3. The molecule has 2 aromatic carbocycles. The van der Waals surface area contributed by atoms with E-state index in [-0.39, 0.29) is 19.0 Å². The van der Waals surface area contributed by atoms with Crippen LogP contribution in [0.3, 0.4) is 0 Å². The van der Waals surface area contributed by atoms with Crippen molar-refractivity contribution in [2.45, 2.75) is 38.7 Å². The van der Waals surface area contributed by atoms with Gasteiger partial charge in [-0.25, -0.2) is 0 Å². The van der Waals surface area contributed by atoms with E-state index in [9.17, 15) is 15.3 Å². The molecule has 0 amide bonds. The molecular weight excluding hydrogens is 531 g/mol. The molecule has 5 nitrogen and oxygen atoms in total. The molecular formula is C27H33IO5. The summed E-state index contributed by atoms with van der Waals surface area (Å²) in [6.45, 7) is 6.23. The third-order valence-corrected chi connectivity index (χ3v) is 6.01. The van der Waals surface area contributed by atoms with Crippen LogP contribution >= 0.6 is 22.6 Å². The van der Waals surface area contributed by atoms with Crippen molar-refractivity contribution in [3.05, 3.63) is 81.0 Å². The Morgan fingerprint density at radius 1 is 1.18 bits per heavy atom. The topological polar surface area (TPSA) is 79.2 Å². The largest absolute Gasteiger partial charge is 0.504 e. The first-order valence-corrected chi connectivity index (χ1v) is 12.1. The summed E-state index contributed by atoms with van der Waals surface area (Å²) in [6, 6.07) is 13.1. The molecule has 0 aliphatic carbocycles. The van der Waals surface area contributed by atoms with Crippen LogP contribution in [0.4, 0.5) is 0 Å². The second-order valence-electron chi connectivity index (χ2n) is 7.71. The number of halogens is 1. The molecule has 2 rings (SSSR count). The number of aliphatic hydroxyl groups is 2. The number of ether oxygens (including phenoxy) is 2. The van der Waals surface area contributed by atoms with Crippen LogP contribution in [-0.2, 0) is 0 Å². The Labute approximate surface area is 210 Å². The molecule has 6 heteroatoms. The molecule has 0 radical (unpaired) electrons. The average Bonchev–Trinajstić information content (AvgIpc) is 2.82. The number of rotatable bonds is 13. The van der Waals surface area contributed by atoms with Gasteiger partial charge in [-0.05, 0) is 82.8 Å². The van der Waals surface area contributed by atoms with Gasteiger partial charge in [0.05, 0.1) is 23.4 Å². The molecule has 0 fully saturated rings. The van der Waals surface area contributed by atoms with E-state index in [4.69, 9.17) is 9.47 Å². The quantitative estimate of drug-likeness (QED) is 0.209. The third kappa shape index (κ3) is 8.53. The SMILES string of the molecule is C=C(COc1ccccc1)/C(=C/CO)C(O)CC/C(=C/c1cc(I)c(O)c(OC)c1)CCC. The number of aliphatic hydroxyl groups excluding tert-OH is 2. The van der Waals surface area contributed by atoms with Crippen LogP contribution in [0.5, 0.6) is 17.2 Å². The lowest BCUT2D eigenvalue weighted by Crippen LogP contribution is -2.16. The van der Waals surface area contributed by atoms with Crippen LogP contribution in [0.2, 0.25) is 0 Å². The van der Waals surface area contributed by atoms with Gasteiger partial charge >= 0.3 is 0 Å². The Bertz CT molecular complexity index is 966. The number of methoxy groups -OCH3 is 1. The van der Waals surface area contributed by atoms with Crippen LogP contribution in [-0.4, -0.2) is 41.7 Å². The summed E-state index contributed by atoms with van der Waals surface area (Å²) < 4.78 is 11.7. The zero-order valence-corrected chi connectivity index (χ0v) is 21.4. The summed E-state index contributed by atoms with van der Waals surface area (Å²) in [7, 11) is 1.53. The van der Waals surface area contributed by atoms with E-state index in [1.54, 1.807) is 6.08 Å². The number of phenols is 1. The lowest BCUT2D eigenvalue weighted by molar-refractivity contribution is 0.198. The highest BCUT2D eigenvalue weighted by atomic mass is 127. The van der Waals surface area contributed by atoms with Crippen molar-refractivity contribution in [1.82, 2.24) is 0 Å². The summed E-state index contributed by atoms with van der Waals surface area (Å²) in [4.78, 5) is 0. The van der Waals surface area contributed by atoms with Crippen LogP contribution in [0.25, 0.3) is 6.08 Å². The van der Waals surface area contributed by atoms with Gasteiger partial charge in [-0.3, -0.25) is 0 Å². The van der Waals surface area contributed by atoms with Gasteiger partial charge in [-0.15, -0.1) is 0 Å². The fourth-order valence-corrected chi connectivity index (χ4v) is 4.15. The molecule has 33 heavy (non-hydrogen) atoms. The fraction of sp³-hybridized carbons (Fsp3) is 0.333. The standard InChI is InChI=1S/C27H33IO5/c1-4-8-20(15-21-16-24(28)27(31)26(17-21)32-3)11-12-25(30)23(13-14-29)19(2)18-33-22-9-6-5-7-10-22/h5-7,9-10,13,15-17,25,29-31H,2,4,8,11-12,14,18H2,1,3H3/b20-15+,23-13-. The van der Waals surface area contributed by atoms with E-state index in [0.29, 0.717) is 29.7 Å². The van der Waals surface area contributed by atoms with Gasteiger partial charge in [0.15, 0.2) is 11.5 Å². The van der Waals surface area contributed by atoms with Gasteiger partial charge in [-0.1, -0.05) is 55.8 Å². The number of hydrogen-bond acceptors (Lipinski definition) is 5. The van der Waals surface area contributed by atoms with Gasteiger partial charge in [0.2, 0.25) is 0 Å². The minimum absolute atomic E-state index is 0.137. The summed E-state index contributed by atoms with van der Waals surface area (Å²) in [6.07, 6.45) is 5.97. The Hall–Kier alpha value is -2.29. The van der Waals surface area contributed by atoms with Gasteiger partial charge in [0.1, 0.15) is 12.4 Å². The Kier molecular flexibility index (Phi) is 11.5. The second-order valence-corrected chi connectivity index (χ2v) is 8.87. The number of para-hydroxylation sites is 1. The second kappa shape index (κ2) is 14.1. The highest BCUT2D eigenvalue weighted by Crippen LogP contribution is 2.34. The minimum Gasteiger partial charge on any atom is -0.504 e. The molecule has 0 heterocycles. The summed E-state index contributed by atoms with van der Waals surface area (Å²) >= 11 is 2.08. The van der Waals surface area contributed by atoms with Crippen molar-refractivity contribution in [1.29, 1.82) is 0 Å². The van der Waals surface area contributed by atoms with E-state index in [0.717, 1.165) is 27.7 Å². The van der Waals surface area contributed by atoms with E-state index >= 15 is 0 Å².